The average Bonchev–Trinajstić information content (AvgIpc) is 3.56. The van der Waals surface area contributed by atoms with E-state index in [4.69, 9.17) is 9.72 Å². The molecule has 0 radical (unpaired) electrons. The Morgan fingerprint density at radius 1 is 1.09 bits per heavy atom. The number of anilines is 2. The molecular formula is C24H30N4O4S. The number of aromatic nitrogens is 1. The number of benzene rings is 1. The molecule has 1 aromatic heterocycles. The van der Waals surface area contributed by atoms with Gasteiger partial charge < -0.3 is 14.5 Å². The first kappa shape index (κ1) is 22.0. The van der Waals surface area contributed by atoms with E-state index in [1.165, 1.54) is 0 Å². The number of amides is 1. The highest BCUT2D eigenvalue weighted by Crippen LogP contribution is 2.41. The lowest BCUT2D eigenvalue weighted by molar-refractivity contribution is -0.135. The minimum absolute atomic E-state index is 0.225. The van der Waals surface area contributed by atoms with Gasteiger partial charge in [0.05, 0.1) is 18.3 Å². The van der Waals surface area contributed by atoms with E-state index in [9.17, 15) is 13.2 Å². The molecule has 0 spiro atoms. The smallest absolute Gasteiger partial charge is 0.245 e. The van der Waals surface area contributed by atoms with Gasteiger partial charge in [-0.05, 0) is 63.3 Å². The van der Waals surface area contributed by atoms with Crippen LogP contribution in [-0.4, -0.2) is 55.6 Å². The normalized spacial score (nSPS) is 22.1. The van der Waals surface area contributed by atoms with Crippen LogP contribution in [0.1, 0.15) is 36.0 Å². The van der Waals surface area contributed by atoms with Crippen molar-refractivity contribution in [3.63, 3.8) is 0 Å². The molecule has 2 bridgehead atoms. The van der Waals surface area contributed by atoms with Gasteiger partial charge in [0.25, 0.3) is 0 Å². The number of ether oxygens (including phenoxy) is 1. The van der Waals surface area contributed by atoms with Crippen LogP contribution >= 0.6 is 0 Å². The fraction of sp³-hybridized carbons (Fsp3) is 0.500. The summed E-state index contributed by atoms with van der Waals surface area (Å²) in [4.78, 5) is 21.5. The highest BCUT2D eigenvalue weighted by atomic mass is 32.2. The minimum Gasteiger partial charge on any atom is -0.436 e. The number of carbonyl (C=O) groups excluding carboxylic acids is 1. The minimum atomic E-state index is -3.51. The van der Waals surface area contributed by atoms with Crippen molar-refractivity contribution in [3.8, 4) is 11.6 Å². The summed E-state index contributed by atoms with van der Waals surface area (Å²) in [5.41, 5.74) is 3.35. The number of piperazine rings is 1. The average molecular weight is 471 g/mol. The van der Waals surface area contributed by atoms with Gasteiger partial charge in [-0.2, -0.15) is 4.98 Å². The molecule has 1 aromatic carbocycles. The second-order valence-corrected chi connectivity index (χ2v) is 11.4. The Bertz CT molecular complexity index is 1190. The maximum atomic E-state index is 12.5. The van der Waals surface area contributed by atoms with Crippen LogP contribution in [0.5, 0.6) is 11.6 Å². The Morgan fingerprint density at radius 2 is 1.73 bits per heavy atom. The first-order valence-electron chi connectivity index (χ1n) is 11.4. The molecular weight excluding hydrogens is 440 g/mol. The first-order chi connectivity index (χ1) is 15.6. The third kappa shape index (κ3) is 4.38. The van der Waals surface area contributed by atoms with E-state index in [1.807, 2.05) is 43.9 Å². The highest BCUT2D eigenvalue weighted by molar-refractivity contribution is 7.92. The van der Waals surface area contributed by atoms with Gasteiger partial charge in [-0.3, -0.25) is 9.52 Å². The number of nitrogens with zero attached hydrogens (tertiary/aromatic N) is 3. The van der Waals surface area contributed by atoms with Gasteiger partial charge in [0.2, 0.25) is 21.8 Å². The van der Waals surface area contributed by atoms with Crippen molar-refractivity contribution in [2.45, 2.75) is 52.1 Å². The Labute approximate surface area is 195 Å². The Kier molecular flexibility index (Phi) is 5.27. The van der Waals surface area contributed by atoms with Gasteiger partial charge >= 0.3 is 0 Å². The molecule has 1 amide bonds. The Hall–Kier alpha value is -2.81. The summed E-state index contributed by atoms with van der Waals surface area (Å²) >= 11 is 0. The lowest BCUT2D eigenvalue weighted by atomic mass is 9.87. The van der Waals surface area contributed by atoms with E-state index in [-0.39, 0.29) is 23.9 Å². The molecule has 3 saturated heterocycles. The number of rotatable bonds is 6. The molecule has 33 heavy (non-hydrogen) atoms. The van der Waals surface area contributed by atoms with Gasteiger partial charge in [0.1, 0.15) is 17.3 Å². The zero-order chi connectivity index (χ0) is 23.5. The number of nitrogens with one attached hydrogen (secondary N) is 1. The lowest BCUT2D eigenvalue weighted by Gasteiger charge is -2.57. The van der Waals surface area contributed by atoms with E-state index in [0.29, 0.717) is 30.4 Å². The summed E-state index contributed by atoms with van der Waals surface area (Å²) in [6.45, 7) is 7.38. The topological polar surface area (TPSA) is 91.8 Å². The highest BCUT2D eigenvalue weighted by Gasteiger charge is 2.48. The Balaban J connectivity index is 1.44. The molecule has 176 valence electrons. The van der Waals surface area contributed by atoms with Gasteiger partial charge in [-0.15, -0.1) is 0 Å². The molecule has 2 atom stereocenters. The van der Waals surface area contributed by atoms with Crippen LogP contribution in [0, 0.1) is 26.7 Å². The van der Waals surface area contributed by atoms with Crippen molar-refractivity contribution in [1.82, 2.24) is 9.88 Å². The molecule has 4 aliphatic rings. The van der Waals surface area contributed by atoms with Gasteiger partial charge in [0, 0.05) is 19.0 Å². The van der Waals surface area contributed by atoms with Crippen molar-refractivity contribution in [2.24, 2.45) is 5.92 Å². The summed E-state index contributed by atoms with van der Waals surface area (Å²) in [5, 5.41) is 0. The van der Waals surface area contributed by atoms with E-state index < -0.39 is 10.0 Å². The fourth-order valence-corrected chi connectivity index (χ4v) is 5.66. The zero-order valence-electron chi connectivity index (χ0n) is 19.5. The summed E-state index contributed by atoms with van der Waals surface area (Å²) in [5.74, 6) is 2.16. The van der Waals surface area contributed by atoms with Crippen molar-refractivity contribution in [1.29, 1.82) is 0 Å². The van der Waals surface area contributed by atoms with Crippen LogP contribution in [0.4, 0.5) is 11.5 Å². The maximum Gasteiger partial charge on any atom is 0.245 e. The summed E-state index contributed by atoms with van der Waals surface area (Å²) in [7, 11) is -3.51. The second-order valence-electron chi connectivity index (χ2n) is 9.69. The second kappa shape index (κ2) is 7.90. The van der Waals surface area contributed by atoms with Crippen molar-refractivity contribution in [2.75, 3.05) is 29.0 Å². The maximum absolute atomic E-state index is 12.5. The SMILES string of the molecule is Cc1cc(C)c(Oc2nc(N3C4CC3CN(C(=O)C3CC3)C4)ccc2NS(C)(=O)=O)c(C)c1. The third-order valence-electron chi connectivity index (χ3n) is 6.64. The number of piperidine rings is 1. The molecule has 1 saturated carbocycles. The van der Waals surface area contributed by atoms with Gasteiger partial charge in [0.15, 0.2) is 0 Å². The van der Waals surface area contributed by atoms with Crippen LogP contribution in [-0.2, 0) is 14.8 Å². The van der Waals surface area contributed by atoms with E-state index >= 15 is 0 Å². The van der Waals surface area contributed by atoms with E-state index in [2.05, 4.69) is 9.62 Å². The molecule has 2 unspecified atom stereocenters. The predicted octanol–water partition coefficient (Wildman–Crippen LogP) is 3.37. The summed E-state index contributed by atoms with van der Waals surface area (Å²) < 4.78 is 32.6. The number of pyridine rings is 1. The number of sulfonamides is 1. The number of fused-ring (bicyclic) bond motifs is 2. The van der Waals surface area contributed by atoms with Crippen LogP contribution < -0.4 is 14.4 Å². The third-order valence-corrected chi connectivity index (χ3v) is 7.23. The molecule has 4 heterocycles. The van der Waals surface area contributed by atoms with Crippen molar-refractivity contribution >= 4 is 27.4 Å². The van der Waals surface area contributed by atoms with Crippen molar-refractivity contribution in [3.05, 3.63) is 41.0 Å². The molecule has 1 aliphatic carbocycles. The fourth-order valence-electron chi connectivity index (χ4n) is 5.11. The number of hydrogen-bond donors (Lipinski definition) is 1. The number of aryl methyl sites for hydroxylation is 3. The monoisotopic (exact) mass is 470 g/mol. The quantitative estimate of drug-likeness (QED) is 0.696. The van der Waals surface area contributed by atoms with Gasteiger partial charge in [-0.1, -0.05) is 17.7 Å². The number of carbonyl (C=O) groups is 1. The summed E-state index contributed by atoms with van der Waals surface area (Å²) in [6, 6.07) is 8.04. The standard InChI is InChI=1S/C24H30N4O4S/c1-14-9-15(2)22(16(3)10-14)32-23-20(26-33(4,30)31)7-8-21(25-23)28-18-11-19(28)13-27(12-18)24(29)17-5-6-17/h7-10,17-19,26H,5-6,11-13H2,1-4H3. The molecule has 9 heteroatoms. The van der Waals surface area contributed by atoms with Gasteiger partial charge in [-0.25, -0.2) is 8.42 Å². The van der Waals surface area contributed by atoms with Crippen LogP contribution in [0.25, 0.3) is 0 Å². The van der Waals surface area contributed by atoms with Crippen LogP contribution in [0.3, 0.4) is 0 Å². The van der Waals surface area contributed by atoms with E-state index in [1.54, 1.807) is 6.07 Å². The zero-order valence-corrected chi connectivity index (χ0v) is 20.3. The predicted molar refractivity (Wildman–Crippen MR) is 127 cm³/mol. The molecule has 2 aromatic rings. The Morgan fingerprint density at radius 3 is 2.30 bits per heavy atom. The molecule has 3 aliphatic heterocycles. The van der Waals surface area contributed by atoms with Crippen LogP contribution in [0.2, 0.25) is 0 Å². The summed E-state index contributed by atoms with van der Waals surface area (Å²) in [6.07, 6.45) is 4.18. The molecule has 1 N–H and O–H groups in total. The van der Waals surface area contributed by atoms with E-state index in [0.717, 1.165) is 48.0 Å². The first-order valence-corrected chi connectivity index (χ1v) is 13.3. The molecule has 6 rings (SSSR count). The molecule has 8 nitrogen and oxygen atoms in total. The largest absolute Gasteiger partial charge is 0.436 e. The lowest BCUT2D eigenvalue weighted by Crippen LogP contribution is -2.70. The van der Waals surface area contributed by atoms with Crippen molar-refractivity contribution < 1.29 is 17.9 Å². The molecule has 4 fully saturated rings. The number of hydrogen-bond acceptors (Lipinski definition) is 6. The van der Waals surface area contributed by atoms with Crippen LogP contribution in [0.15, 0.2) is 24.3 Å².